The minimum absolute atomic E-state index is 0.00940. The molecular formula is C18H34N4O2. The highest BCUT2D eigenvalue weighted by Crippen LogP contribution is 2.22. The fourth-order valence-electron chi connectivity index (χ4n) is 3.53. The molecule has 6 heteroatoms. The van der Waals surface area contributed by atoms with E-state index in [0.29, 0.717) is 19.1 Å². The predicted molar refractivity (Wildman–Crippen MR) is 95.5 cm³/mol. The Hall–Kier alpha value is -1.30. The molecule has 0 bridgehead atoms. The monoisotopic (exact) mass is 338 g/mol. The van der Waals surface area contributed by atoms with E-state index >= 15 is 0 Å². The Bertz CT molecular complexity index is 448. The van der Waals surface area contributed by atoms with Gasteiger partial charge in [0.1, 0.15) is 0 Å². The van der Waals surface area contributed by atoms with Crippen LogP contribution in [0.15, 0.2) is 0 Å². The Balaban J connectivity index is 1.89. The Labute approximate surface area is 145 Å². The molecule has 1 aliphatic carbocycles. The van der Waals surface area contributed by atoms with Gasteiger partial charge in [0, 0.05) is 25.7 Å². The van der Waals surface area contributed by atoms with Crippen molar-refractivity contribution in [1.82, 2.24) is 15.5 Å². The van der Waals surface area contributed by atoms with Crippen molar-refractivity contribution in [2.24, 2.45) is 17.6 Å². The normalized spacial score (nSPS) is 24.7. The molecule has 2 rings (SSSR count). The highest BCUT2D eigenvalue weighted by molar-refractivity contribution is 5.81. The minimum Gasteiger partial charge on any atom is -0.349 e. The number of piperidine rings is 1. The van der Waals surface area contributed by atoms with Gasteiger partial charge < -0.3 is 21.3 Å². The average molecular weight is 338 g/mol. The first-order valence-electron chi connectivity index (χ1n) is 9.43. The fraction of sp³-hybridized carbons (Fsp3) is 0.889. The first-order chi connectivity index (χ1) is 11.4. The molecule has 24 heavy (non-hydrogen) atoms. The maximum atomic E-state index is 12.7. The van der Waals surface area contributed by atoms with Crippen molar-refractivity contribution in [3.8, 4) is 0 Å². The summed E-state index contributed by atoms with van der Waals surface area (Å²) >= 11 is 0. The van der Waals surface area contributed by atoms with Crippen LogP contribution in [-0.2, 0) is 4.79 Å². The number of hydrogen-bond acceptors (Lipinski definition) is 3. The van der Waals surface area contributed by atoms with Crippen LogP contribution in [0.5, 0.6) is 0 Å². The van der Waals surface area contributed by atoms with Crippen LogP contribution < -0.4 is 16.4 Å². The summed E-state index contributed by atoms with van der Waals surface area (Å²) in [6.07, 6.45) is 6.25. The number of nitrogens with two attached hydrogens (primary N) is 1. The Morgan fingerprint density at radius 3 is 2.46 bits per heavy atom. The summed E-state index contributed by atoms with van der Waals surface area (Å²) in [6, 6.07) is 0.304. The fourth-order valence-corrected chi connectivity index (χ4v) is 3.53. The molecule has 1 aliphatic heterocycles. The highest BCUT2D eigenvalue weighted by Gasteiger charge is 2.34. The summed E-state index contributed by atoms with van der Waals surface area (Å²) in [4.78, 5) is 26.9. The van der Waals surface area contributed by atoms with Crippen molar-refractivity contribution in [2.75, 3.05) is 19.6 Å². The smallest absolute Gasteiger partial charge is 0.317 e. The van der Waals surface area contributed by atoms with Gasteiger partial charge in [0.15, 0.2) is 0 Å². The quantitative estimate of drug-likeness (QED) is 0.715. The second kappa shape index (κ2) is 8.19. The standard InChI is InChI=1S/C18H34N4O2/c1-13(2)18(3,12-19)21-16(23)14-7-6-10-22(11-14)17(24)20-15-8-4-5-9-15/h13-15H,4-12,19H2,1-3H3,(H,20,24)(H,21,23). The molecule has 0 aromatic rings. The van der Waals surface area contributed by atoms with Gasteiger partial charge in [-0.05, 0) is 38.5 Å². The van der Waals surface area contributed by atoms with Crippen molar-refractivity contribution in [3.05, 3.63) is 0 Å². The molecule has 2 aliphatic rings. The van der Waals surface area contributed by atoms with Crippen LogP contribution in [0.4, 0.5) is 4.79 Å². The second-order valence-corrected chi connectivity index (χ2v) is 7.98. The zero-order valence-corrected chi connectivity index (χ0v) is 15.4. The van der Waals surface area contributed by atoms with E-state index in [1.807, 2.05) is 6.92 Å². The third-order valence-corrected chi connectivity index (χ3v) is 5.87. The Morgan fingerprint density at radius 2 is 1.88 bits per heavy atom. The number of urea groups is 1. The van der Waals surface area contributed by atoms with Gasteiger partial charge in [-0.25, -0.2) is 4.79 Å². The Morgan fingerprint density at radius 1 is 1.21 bits per heavy atom. The molecule has 2 fully saturated rings. The van der Waals surface area contributed by atoms with Gasteiger partial charge in [-0.2, -0.15) is 0 Å². The molecule has 4 N–H and O–H groups in total. The van der Waals surface area contributed by atoms with Gasteiger partial charge in [-0.3, -0.25) is 4.79 Å². The van der Waals surface area contributed by atoms with Gasteiger partial charge in [-0.1, -0.05) is 26.7 Å². The molecule has 1 saturated heterocycles. The number of hydrogen-bond donors (Lipinski definition) is 3. The van der Waals surface area contributed by atoms with E-state index in [9.17, 15) is 9.59 Å². The highest BCUT2D eigenvalue weighted by atomic mass is 16.2. The number of nitrogens with one attached hydrogen (secondary N) is 2. The van der Waals surface area contributed by atoms with E-state index in [1.54, 1.807) is 4.90 Å². The van der Waals surface area contributed by atoms with Crippen molar-refractivity contribution in [1.29, 1.82) is 0 Å². The van der Waals surface area contributed by atoms with Gasteiger partial charge in [-0.15, -0.1) is 0 Å². The lowest BCUT2D eigenvalue weighted by Crippen LogP contribution is -2.58. The summed E-state index contributed by atoms with van der Waals surface area (Å²) in [5, 5.41) is 6.24. The van der Waals surface area contributed by atoms with Crippen LogP contribution in [0.25, 0.3) is 0 Å². The maximum Gasteiger partial charge on any atom is 0.317 e. The molecule has 2 atom stereocenters. The lowest BCUT2D eigenvalue weighted by atomic mass is 9.87. The van der Waals surface area contributed by atoms with Crippen LogP contribution >= 0.6 is 0 Å². The van der Waals surface area contributed by atoms with E-state index in [0.717, 1.165) is 32.2 Å². The van der Waals surface area contributed by atoms with E-state index in [2.05, 4.69) is 24.5 Å². The molecular weight excluding hydrogens is 304 g/mol. The largest absolute Gasteiger partial charge is 0.349 e. The summed E-state index contributed by atoms with van der Waals surface area (Å²) in [5.74, 6) is 0.143. The minimum atomic E-state index is -0.397. The molecule has 138 valence electrons. The van der Waals surface area contributed by atoms with E-state index in [1.165, 1.54) is 12.8 Å². The average Bonchev–Trinajstić information content (AvgIpc) is 3.07. The van der Waals surface area contributed by atoms with E-state index in [-0.39, 0.29) is 23.8 Å². The molecule has 6 nitrogen and oxygen atoms in total. The second-order valence-electron chi connectivity index (χ2n) is 7.98. The van der Waals surface area contributed by atoms with Crippen molar-refractivity contribution in [3.63, 3.8) is 0 Å². The summed E-state index contributed by atoms with van der Waals surface area (Å²) in [5.41, 5.74) is 5.47. The number of amides is 3. The molecule has 1 heterocycles. The zero-order chi connectivity index (χ0) is 17.7. The SMILES string of the molecule is CC(C)C(C)(CN)NC(=O)C1CCCN(C(=O)NC2CCCC2)C1. The number of nitrogens with zero attached hydrogens (tertiary/aromatic N) is 1. The number of rotatable bonds is 5. The van der Waals surface area contributed by atoms with Gasteiger partial charge in [0.05, 0.1) is 11.5 Å². The van der Waals surface area contributed by atoms with Crippen molar-refractivity contribution < 1.29 is 9.59 Å². The zero-order valence-electron chi connectivity index (χ0n) is 15.4. The lowest BCUT2D eigenvalue weighted by molar-refractivity contribution is -0.128. The first kappa shape index (κ1) is 19.0. The summed E-state index contributed by atoms with van der Waals surface area (Å²) in [7, 11) is 0. The third kappa shape index (κ3) is 4.62. The van der Waals surface area contributed by atoms with Crippen LogP contribution in [-0.4, -0.2) is 48.1 Å². The Kier molecular flexibility index (Phi) is 6.49. The van der Waals surface area contributed by atoms with Crippen molar-refractivity contribution in [2.45, 2.75) is 70.9 Å². The predicted octanol–water partition coefficient (Wildman–Crippen LogP) is 1.84. The van der Waals surface area contributed by atoms with Gasteiger partial charge in [0.25, 0.3) is 0 Å². The molecule has 1 saturated carbocycles. The third-order valence-electron chi connectivity index (χ3n) is 5.87. The van der Waals surface area contributed by atoms with Gasteiger partial charge >= 0.3 is 6.03 Å². The lowest BCUT2D eigenvalue weighted by Gasteiger charge is -2.38. The molecule has 2 unspecified atom stereocenters. The first-order valence-corrected chi connectivity index (χ1v) is 9.43. The topological polar surface area (TPSA) is 87.5 Å². The molecule has 0 radical (unpaired) electrons. The molecule has 0 aromatic carbocycles. The van der Waals surface area contributed by atoms with Gasteiger partial charge in [0.2, 0.25) is 5.91 Å². The van der Waals surface area contributed by atoms with Crippen LogP contribution in [0.3, 0.4) is 0 Å². The molecule has 3 amide bonds. The summed E-state index contributed by atoms with van der Waals surface area (Å²) < 4.78 is 0. The summed E-state index contributed by atoms with van der Waals surface area (Å²) in [6.45, 7) is 7.77. The van der Waals surface area contributed by atoms with E-state index < -0.39 is 5.54 Å². The van der Waals surface area contributed by atoms with Crippen molar-refractivity contribution >= 4 is 11.9 Å². The van der Waals surface area contributed by atoms with Crippen LogP contribution in [0, 0.1) is 11.8 Å². The molecule has 0 aromatic heterocycles. The molecule has 0 spiro atoms. The number of carbonyl (C=O) groups is 2. The maximum absolute atomic E-state index is 12.7. The van der Waals surface area contributed by atoms with Crippen LogP contribution in [0.1, 0.15) is 59.3 Å². The number of likely N-dealkylation sites (tertiary alicyclic amines) is 1. The number of carbonyl (C=O) groups excluding carboxylic acids is 2. The van der Waals surface area contributed by atoms with E-state index in [4.69, 9.17) is 5.73 Å². The van der Waals surface area contributed by atoms with Crippen LogP contribution in [0.2, 0.25) is 0 Å².